The summed E-state index contributed by atoms with van der Waals surface area (Å²) < 4.78 is 48.8. The van der Waals surface area contributed by atoms with Crippen LogP contribution in [0.3, 0.4) is 0 Å². The van der Waals surface area contributed by atoms with Gasteiger partial charge in [-0.05, 0) is 0 Å². The lowest BCUT2D eigenvalue weighted by molar-refractivity contribution is 0.0558. The fourth-order valence-electron chi connectivity index (χ4n) is 1.38. The molecule has 0 saturated carbocycles. The molecule has 0 N–H and O–H groups in total. The molecule has 0 fully saturated rings. The average molecular weight is 152 g/mol. The number of allylic oxidation sites excluding steroid dienone is 2. The van der Waals surface area contributed by atoms with Gasteiger partial charge < -0.3 is 0 Å². The quantitative estimate of drug-likeness (QED) is 0.366. The molecule has 0 aromatic heterocycles. The van der Waals surface area contributed by atoms with Crippen molar-refractivity contribution in [3.05, 3.63) is 11.1 Å². The molecule has 0 aromatic rings. The molecule has 0 spiro atoms. The second-order valence-electron chi connectivity index (χ2n) is 2.52. The van der Waals surface area contributed by atoms with Gasteiger partial charge in [-0.3, -0.25) is 0 Å². The maximum atomic E-state index is 12.2. The first-order valence-corrected chi connectivity index (χ1v) is 2.94. The molecule has 0 aromatic carbocycles. The van der Waals surface area contributed by atoms with Crippen LogP contribution in [0.2, 0.25) is 0 Å². The minimum atomic E-state index is -1.88. The lowest BCUT2D eigenvalue weighted by Gasteiger charge is -2.44. The molecule has 10 heavy (non-hydrogen) atoms. The Bertz CT molecular complexity index is 168. The van der Waals surface area contributed by atoms with E-state index in [1.54, 1.807) is 0 Å². The second-order valence-corrected chi connectivity index (χ2v) is 2.52. The summed E-state index contributed by atoms with van der Waals surface area (Å²) in [7, 11) is 0. The second kappa shape index (κ2) is 1.54. The predicted octanol–water partition coefficient (Wildman–Crippen LogP) is 1.66. The Kier molecular flexibility index (Phi) is 0.956. The molecular weight excluding hydrogens is 148 g/mol. The standard InChI is InChI=1S/C6H4F4/c7-3-1-2(5(3)9)6(10)4(1)8/h3-6H. The summed E-state index contributed by atoms with van der Waals surface area (Å²) in [5.74, 6) is 0. The van der Waals surface area contributed by atoms with E-state index in [4.69, 9.17) is 0 Å². The van der Waals surface area contributed by atoms with Crippen LogP contribution in [0.1, 0.15) is 0 Å². The first-order valence-electron chi connectivity index (χ1n) is 2.94. The molecule has 0 bridgehead atoms. The van der Waals surface area contributed by atoms with E-state index in [2.05, 4.69) is 0 Å². The van der Waals surface area contributed by atoms with Crippen molar-refractivity contribution in [3.63, 3.8) is 0 Å². The Morgan fingerprint density at radius 1 is 0.600 bits per heavy atom. The molecule has 4 atom stereocenters. The SMILES string of the molecule is FC1C2=C(C1F)C(F)C2F. The molecular formula is C6H4F4. The van der Waals surface area contributed by atoms with Gasteiger partial charge in [0.15, 0.2) is 24.7 Å². The number of hydrogen-bond donors (Lipinski definition) is 0. The molecule has 0 amide bonds. The maximum absolute atomic E-state index is 12.2. The van der Waals surface area contributed by atoms with Gasteiger partial charge in [-0.25, -0.2) is 17.6 Å². The zero-order chi connectivity index (χ0) is 7.46. The Morgan fingerprint density at radius 2 is 0.800 bits per heavy atom. The first-order chi connectivity index (χ1) is 4.64. The van der Waals surface area contributed by atoms with Gasteiger partial charge in [0.05, 0.1) is 0 Å². The van der Waals surface area contributed by atoms with Crippen molar-refractivity contribution in [2.75, 3.05) is 0 Å². The normalized spacial score (nSPS) is 51.6. The van der Waals surface area contributed by atoms with Gasteiger partial charge in [-0.15, -0.1) is 0 Å². The van der Waals surface area contributed by atoms with Crippen molar-refractivity contribution >= 4 is 0 Å². The fourth-order valence-corrected chi connectivity index (χ4v) is 1.38. The molecule has 0 radical (unpaired) electrons. The van der Waals surface area contributed by atoms with E-state index >= 15 is 0 Å². The fraction of sp³-hybridized carbons (Fsp3) is 0.667. The maximum Gasteiger partial charge on any atom is 0.160 e. The third kappa shape index (κ3) is 0.413. The zero-order valence-corrected chi connectivity index (χ0v) is 4.82. The summed E-state index contributed by atoms with van der Waals surface area (Å²) in [6.45, 7) is 0. The van der Waals surface area contributed by atoms with Crippen LogP contribution in [0.25, 0.3) is 0 Å². The molecule has 0 aliphatic heterocycles. The summed E-state index contributed by atoms with van der Waals surface area (Å²) in [6.07, 6.45) is -7.51. The average Bonchev–Trinajstić information content (AvgIpc) is 1.95. The Hall–Kier alpha value is -0.540. The van der Waals surface area contributed by atoms with Gasteiger partial charge in [0, 0.05) is 11.1 Å². The minimum absolute atomic E-state index is 0.292. The molecule has 2 rings (SSSR count). The van der Waals surface area contributed by atoms with E-state index in [-0.39, 0.29) is 11.1 Å². The molecule has 56 valence electrons. The lowest BCUT2D eigenvalue weighted by atomic mass is 9.68. The smallest absolute Gasteiger partial charge is 0.160 e. The third-order valence-corrected chi connectivity index (χ3v) is 2.04. The predicted molar refractivity (Wildman–Crippen MR) is 26.6 cm³/mol. The van der Waals surface area contributed by atoms with Gasteiger partial charge in [0.25, 0.3) is 0 Å². The van der Waals surface area contributed by atoms with Crippen molar-refractivity contribution in [1.29, 1.82) is 0 Å². The van der Waals surface area contributed by atoms with Crippen molar-refractivity contribution in [1.82, 2.24) is 0 Å². The topological polar surface area (TPSA) is 0 Å². The third-order valence-electron chi connectivity index (χ3n) is 2.04. The number of hydrogen-bond acceptors (Lipinski definition) is 0. The number of rotatable bonds is 0. The zero-order valence-electron chi connectivity index (χ0n) is 4.82. The van der Waals surface area contributed by atoms with E-state index in [1.807, 2.05) is 0 Å². The van der Waals surface area contributed by atoms with Crippen LogP contribution in [-0.4, -0.2) is 24.7 Å². The van der Waals surface area contributed by atoms with Crippen molar-refractivity contribution in [2.45, 2.75) is 24.7 Å². The van der Waals surface area contributed by atoms with Gasteiger partial charge in [0.2, 0.25) is 0 Å². The number of halogens is 4. The summed E-state index contributed by atoms with van der Waals surface area (Å²) in [4.78, 5) is 0. The van der Waals surface area contributed by atoms with Gasteiger partial charge >= 0.3 is 0 Å². The van der Waals surface area contributed by atoms with E-state index in [0.29, 0.717) is 0 Å². The van der Waals surface area contributed by atoms with Gasteiger partial charge in [-0.2, -0.15) is 0 Å². The summed E-state index contributed by atoms with van der Waals surface area (Å²) >= 11 is 0. The van der Waals surface area contributed by atoms with Crippen LogP contribution in [0.4, 0.5) is 17.6 Å². The molecule has 0 heterocycles. The summed E-state index contributed by atoms with van der Waals surface area (Å²) in [5, 5.41) is 0. The highest BCUT2D eigenvalue weighted by Crippen LogP contribution is 2.50. The largest absolute Gasteiger partial charge is 0.239 e. The monoisotopic (exact) mass is 152 g/mol. The van der Waals surface area contributed by atoms with E-state index in [1.165, 1.54) is 0 Å². The van der Waals surface area contributed by atoms with Crippen LogP contribution >= 0.6 is 0 Å². The minimum Gasteiger partial charge on any atom is -0.239 e. The highest BCUT2D eigenvalue weighted by Gasteiger charge is 2.59. The van der Waals surface area contributed by atoms with E-state index in [9.17, 15) is 17.6 Å². The van der Waals surface area contributed by atoms with Gasteiger partial charge in [-0.1, -0.05) is 0 Å². The Balaban J connectivity index is 2.29. The van der Waals surface area contributed by atoms with Crippen molar-refractivity contribution in [2.24, 2.45) is 0 Å². The van der Waals surface area contributed by atoms with E-state index < -0.39 is 24.7 Å². The van der Waals surface area contributed by atoms with Crippen LogP contribution in [0.5, 0.6) is 0 Å². The highest BCUT2D eigenvalue weighted by molar-refractivity contribution is 5.51. The molecule has 2 aliphatic rings. The van der Waals surface area contributed by atoms with Crippen LogP contribution in [0, 0.1) is 0 Å². The van der Waals surface area contributed by atoms with E-state index in [0.717, 1.165) is 0 Å². The molecule has 0 saturated heterocycles. The first kappa shape index (κ1) is 6.19. The lowest BCUT2D eigenvalue weighted by Crippen LogP contribution is -2.54. The van der Waals surface area contributed by atoms with Crippen LogP contribution in [-0.2, 0) is 0 Å². The molecule has 4 heteroatoms. The molecule has 0 nitrogen and oxygen atoms in total. The molecule has 2 aliphatic carbocycles. The number of alkyl halides is 4. The van der Waals surface area contributed by atoms with Crippen LogP contribution in [0.15, 0.2) is 11.1 Å². The van der Waals surface area contributed by atoms with Gasteiger partial charge in [0.1, 0.15) is 0 Å². The van der Waals surface area contributed by atoms with Crippen LogP contribution < -0.4 is 0 Å². The Morgan fingerprint density at radius 3 is 1.00 bits per heavy atom. The van der Waals surface area contributed by atoms with Crippen molar-refractivity contribution < 1.29 is 17.6 Å². The summed E-state index contributed by atoms with van der Waals surface area (Å²) in [5.41, 5.74) is -0.583. The summed E-state index contributed by atoms with van der Waals surface area (Å²) in [6, 6.07) is 0. The molecule has 4 unspecified atom stereocenters. The highest BCUT2D eigenvalue weighted by atomic mass is 19.2. The van der Waals surface area contributed by atoms with Crippen molar-refractivity contribution in [3.8, 4) is 0 Å². The Labute approximate surface area is 54.5 Å².